The second-order valence-corrected chi connectivity index (χ2v) is 5.12. The average Bonchev–Trinajstić information content (AvgIpc) is 2.60. The molecule has 0 atom stereocenters. The summed E-state index contributed by atoms with van der Waals surface area (Å²) in [7, 11) is 3.08. The van der Waals surface area contributed by atoms with E-state index in [9.17, 15) is 8.78 Å². The van der Waals surface area contributed by atoms with Crippen LogP contribution in [0.1, 0.15) is 25.3 Å². The Balaban J connectivity index is 0.00000625. The molecule has 9 heteroatoms. The fraction of sp³-hybridized carbons (Fsp3) is 0.588. The molecular formula is C17H28F2IN3O3. The summed E-state index contributed by atoms with van der Waals surface area (Å²) in [6, 6.07) is 4.89. The van der Waals surface area contributed by atoms with Crippen LogP contribution < -0.4 is 20.1 Å². The summed E-state index contributed by atoms with van der Waals surface area (Å²) in [5.74, 6) is 0.917. The molecule has 0 saturated heterocycles. The van der Waals surface area contributed by atoms with Crippen molar-refractivity contribution in [1.82, 2.24) is 10.6 Å². The fourth-order valence-electron chi connectivity index (χ4n) is 2.11. The number of rotatable bonds is 11. The first-order chi connectivity index (χ1) is 12.1. The van der Waals surface area contributed by atoms with Crippen LogP contribution in [0.25, 0.3) is 0 Å². The fourth-order valence-corrected chi connectivity index (χ4v) is 2.11. The third-order valence-corrected chi connectivity index (χ3v) is 3.34. The molecule has 0 unspecified atom stereocenters. The molecule has 1 aromatic rings. The van der Waals surface area contributed by atoms with Crippen LogP contribution >= 0.6 is 24.0 Å². The average molecular weight is 487 g/mol. The van der Waals surface area contributed by atoms with E-state index in [0.29, 0.717) is 12.5 Å². The van der Waals surface area contributed by atoms with Crippen LogP contribution in [0, 0.1) is 0 Å². The van der Waals surface area contributed by atoms with Gasteiger partial charge in [-0.2, -0.15) is 8.78 Å². The number of halogens is 3. The largest absolute Gasteiger partial charge is 0.493 e. The molecule has 0 heterocycles. The maximum absolute atomic E-state index is 12.5. The number of benzene rings is 1. The van der Waals surface area contributed by atoms with Gasteiger partial charge in [0, 0.05) is 33.4 Å². The predicted molar refractivity (Wildman–Crippen MR) is 109 cm³/mol. The van der Waals surface area contributed by atoms with Crippen molar-refractivity contribution in [3.8, 4) is 11.5 Å². The van der Waals surface area contributed by atoms with Crippen LogP contribution in [0.15, 0.2) is 23.2 Å². The van der Waals surface area contributed by atoms with Gasteiger partial charge in [0.2, 0.25) is 0 Å². The van der Waals surface area contributed by atoms with Crippen LogP contribution in [0.2, 0.25) is 0 Å². The van der Waals surface area contributed by atoms with E-state index in [-0.39, 0.29) is 35.5 Å². The minimum Gasteiger partial charge on any atom is -0.493 e. The van der Waals surface area contributed by atoms with Crippen molar-refractivity contribution >= 4 is 29.9 Å². The molecule has 0 fully saturated rings. The molecule has 0 aromatic heterocycles. The Morgan fingerprint density at radius 1 is 1.19 bits per heavy atom. The number of aliphatic imine (C=N–C) groups is 1. The Morgan fingerprint density at radius 3 is 2.58 bits per heavy atom. The minimum absolute atomic E-state index is 0. The third kappa shape index (κ3) is 9.95. The number of nitrogens with zero attached hydrogens (tertiary/aromatic N) is 1. The molecule has 0 bridgehead atoms. The van der Waals surface area contributed by atoms with Crippen LogP contribution in [0.3, 0.4) is 0 Å². The summed E-state index contributed by atoms with van der Waals surface area (Å²) in [5.41, 5.74) is 0.774. The van der Waals surface area contributed by atoms with Gasteiger partial charge >= 0.3 is 6.61 Å². The van der Waals surface area contributed by atoms with E-state index >= 15 is 0 Å². The number of ether oxygens (including phenoxy) is 3. The number of hydrogen-bond donors (Lipinski definition) is 2. The Bertz CT molecular complexity index is 534. The van der Waals surface area contributed by atoms with Crippen LogP contribution in [-0.4, -0.2) is 46.5 Å². The lowest BCUT2D eigenvalue weighted by molar-refractivity contribution is -0.0512. The van der Waals surface area contributed by atoms with E-state index in [1.807, 2.05) is 6.92 Å². The molecule has 0 aliphatic rings. The van der Waals surface area contributed by atoms with Crippen molar-refractivity contribution in [1.29, 1.82) is 0 Å². The van der Waals surface area contributed by atoms with Crippen LogP contribution in [0.5, 0.6) is 11.5 Å². The number of methoxy groups -OCH3 is 1. The summed E-state index contributed by atoms with van der Waals surface area (Å²) in [5, 5.41) is 6.32. The highest BCUT2D eigenvalue weighted by Crippen LogP contribution is 2.29. The number of alkyl halides is 2. The molecular weight excluding hydrogens is 459 g/mol. The highest BCUT2D eigenvalue weighted by molar-refractivity contribution is 14.0. The quantitative estimate of drug-likeness (QED) is 0.217. The zero-order valence-electron chi connectivity index (χ0n) is 15.4. The molecule has 0 spiro atoms. The van der Waals surface area contributed by atoms with E-state index < -0.39 is 6.61 Å². The second-order valence-electron chi connectivity index (χ2n) is 5.12. The SMILES string of the molecule is CCOCCCCNC(=NC)NCc1ccc(OC)c(OC(F)F)c1.I. The zero-order valence-corrected chi connectivity index (χ0v) is 17.7. The Labute approximate surface area is 170 Å². The highest BCUT2D eigenvalue weighted by atomic mass is 127. The minimum atomic E-state index is -2.90. The highest BCUT2D eigenvalue weighted by Gasteiger charge is 2.11. The zero-order chi connectivity index (χ0) is 18.5. The second kappa shape index (κ2) is 14.8. The van der Waals surface area contributed by atoms with Gasteiger partial charge in [0.1, 0.15) is 0 Å². The third-order valence-electron chi connectivity index (χ3n) is 3.34. The molecule has 0 aliphatic carbocycles. The van der Waals surface area contributed by atoms with Crippen molar-refractivity contribution in [3.05, 3.63) is 23.8 Å². The summed E-state index contributed by atoms with van der Waals surface area (Å²) in [6.07, 6.45) is 1.94. The number of unbranched alkanes of at least 4 members (excludes halogenated alkanes) is 1. The van der Waals surface area contributed by atoms with Gasteiger partial charge in [-0.25, -0.2) is 0 Å². The standard InChI is InChI=1S/C17H27F2N3O3.HI/c1-4-24-10-6-5-9-21-17(20-2)22-12-13-7-8-14(23-3)15(11-13)25-16(18)19;/h7-8,11,16H,4-6,9-10,12H2,1-3H3,(H2,20,21,22);1H. The maximum atomic E-state index is 12.5. The van der Waals surface area contributed by atoms with Crippen LogP contribution in [0.4, 0.5) is 8.78 Å². The van der Waals surface area contributed by atoms with E-state index in [0.717, 1.165) is 38.2 Å². The molecule has 0 radical (unpaired) electrons. The van der Waals surface area contributed by atoms with Gasteiger partial charge < -0.3 is 24.8 Å². The summed E-state index contributed by atoms with van der Waals surface area (Å²) in [4.78, 5) is 4.13. The van der Waals surface area contributed by atoms with Crippen molar-refractivity contribution < 1.29 is 23.0 Å². The molecule has 2 N–H and O–H groups in total. The molecule has 150 valence electrons. The van der Waals surface area contributed by atoms with E-state index in [4.69, 9.17) is 9.47 Å². The van der Waals surface area contributed by atoms with Crippen molar-refractivity contribution in [2.75, 3.05) is 33.9 Å². The molecule has 6 nitrogen and oxygen atoms in total. The van der Waals surface area contributed by atoms with Crippen molar-refractivity contribution in [2.24, 2.45) is 4.99 Å². The Hall–Kier alpha value is -1.36. The van der Waals surface area contributed by atoms with Gasteiger partial charge in [-0.1, -0.05) is 6.07 Å². The van der Waals surface area contributed by atoms with Gasteiger partial charge in [-0.3, -0.25) is 4.99 Å². The maximum Gasteiger partial charge on any atom is 0.387 e. The van der Waals surface area contributed by atoms with Gasteiger partial charge in [0.25, 0.3) is 0 Å². The van der Waals surface area contributed by atoms with Crippen molar-refractivity contribution in [3.63, 3.8) is 0 Å². The van der Waals surface area contributed by atoms with Gasteiger partial charge in [-0.15, -0.1) is 24.0 Å². The van der Waals surface area contributed by atoms with E-state index in [1.165, 1.54) is 13.2 Å². The predicted octanol–water partition coefficient (Wildman–Crippen LogP) is 3.40. The smallest absolute Gasteiger partial charge is 0.387 e. The monoisotopic (exact) mass is 487 g/mol. The lowest BCUT2D eigenvalue weighted by Gasteiger charge is -2.14. The molecule has 0 saturated carbocycles. The lowest BCUT2D eigenvalue weighted by atomic mass is 10.2. The first kappa shape index (κ1) is 24.6. The van der Waals surface area contributed by atoms with Crippen molar-refractivity contribution in [2.45, 2.75) is 32.9 Å². The topological polar surface area (TPSA) is 64.1 Å². The van der Waals surface area contributed by atoms with Gasteiger partial charge in [-0.05, 0) is 37.5 Å². The molecule has 1 rings (SSSR count). The summed E-state index contributed by atoms with van der Waals surface area (Å²) in [6.45, 7) is 1.75. The number of nitrogens with one attached hydrogen (secondary N) is 2. The molecule has 0 aliphatic heterocycles. The number of guanidine groups is 1. The number of hydrogen-bond acceptors (Lipinski definition) is 4. The van der Waals surface area contributed by atoms with E-state index in [1.54, 1.807) is 19.2 Å². The van der Waals surface area contributed by atoms with Gasteiger partial charge in [0.15, 0.2) is 17.5 Å². The summed E-state index contributed by atoms with van der Waals surface area (Å²) >= 11 is 0. The van der Waals surface area contributed by atoms with Crippen LogP contribution in [-0.2, 0) is 11.3 Å². The first-order valence-electron chi connectivity index (χ1n) is 8.24. The molecule has 1 aromatic carbocycles. The molecule has 0 amide bonds. The van der Waals surface area contributed by atoms with E-state index in [2.05, 4.69) is 20.4 Å². The Kier molecular flexibility index (Phi) is 14.0. The Morgan fingerprint density at radius 2 is 1.96 bits per heavy atom. The van der Waals surface area contributed by atoms with Gasteiger partial charge in [0.05, 0.1) is 7.11 Å². The normalized spacial score (nSPS) is 11.1. The first-order valence-corrected chi connectivity index (χ1v) is 8.24. The molecule has 26 heavy (non-hydrogen) atoms. The lowest BCUT2D eigenvalue weighted by Crippen LogP contribution is -2.37. The summed E-state index contributed by atoms with van der Waals surface area (Å²) < 4.78 is 39.7.